The Hall–Kier alpha value is -1.78. The van der Waals surface area contributed by atoms with Crippen LogP contribution in [0.2, 0.25) is 10.0 Å². The Morgan fingerprint density at radius 3 is 2.58 bits per heavy atom. The molecule has 126 valence electrons. The number of benzene rings is 1. The molecule has 1 fully saturated rings. The molecule has 1 saturated carbocycles. The lowest BCUT2D eigenvalue weighted by Gasteiger charge is -2.23. The molecule has 1 amide bonds. The van der Waals surface area contributed by atoms with Crippen LogP contribution in [0, 0.1) is 0 Å². The topological polar surface area (TPSA) is 54.0 Å². The maximum Gasteiger partial charge on any atom is 0.274 e. The number of hydrogen-bond acceptors (Lipinski definition) is 3. The van der Waals surface area contributed by atoms with Crippen LogP contribution in [-0.2, 0) is 0 Å². The summed E-state index contributed by atoms with van der Waals surface area (Å²) >= 11 is 12.0. The summed E-state index contributed by atoms with van der Waals surface area (Å²) in [6, 6.07) is 9.02. The number of anilines is 2. The van der Waals surface area contributed by atoms with Gasteiger partial charge in [0.2, 0.25) is 0 Å². The zero-order valence-electron chi connectivity index (χ0n) is 13.2. The predicted molar refractivity (Wildman–Crippen MR) is 99.1 cm³/mol. The quantitative estimate of drug-likeness (QED) is 0.765. The monoisotopic (exact) mass is 363 g/mol. The largest absolute Gasteiger partial charge is 0.381 e. The lowest BCUT2D eigenvalue weighted by Crippen LogP contribution is -2.22. The maximum absolute atomic E-state index is 12.3. The number of amides is 1. The van der Waals surface area contributed by atoms with E-state index >= 15 is 0 Å². The molecular formula is C18H19Cl2N3O. The molecule has 0 unspecified atom stereocenters. The molecule has 0 atom stereocenters. The first-order valence-corrected chi connectivity index (χ1v) is 8.86. The molecular weight excluding hydrogens is 345 g/mol. The molecule has 6 heteroatoms. The summed E-state index contributed by atoms with van der Waals surface area (Å²) in [5.74, 6) is -0.316. The Morgan fingerprint density at radius 1 is 1.08 bits per heavy atom. The van der Waals surface area contributed by atoms with Gasteiger partial charge < -0.3 is 10.6 Å². The second-order valence-corrected chi connectivity index (χ2v) is 6.83. The van der Waals surface area contributed by atoms with Crippen LogP contribution in [0.3, 0.4) is 0 Å². The highest BCUT2D eigenvalue weighted by molar-refractivity contribution is 6.35. The van der Waals surface area contributed by atoms with Crippen molar-refractivity contribution in [2.75, 3.05) is 10.6 Å². The Morgan fingerprint density at radius 2 is 1.88 bits per heavy atom. The molecule has 0 aliphatic heterocycles. The predicted octanol–water partition coefficient (Wildman–Crippen LogP) is 5.39. The van der Waals surface area contributed by atoms with Crippen LogP contribution < -0.4 is 10.6 Å². The summed E-state index contributed by atoms with van der Waals surface area (Å²) in [4.78, 5) is 16.5. The van der Waals surface area contributed by atoms with Gasteiger partial charge in [0.1, 0.15) is 5.69 Å². The summed E-state index contributed by atoms with van der Waals surface area (Å²) in [7, 11) is 0. The molecule has 1 aromatic carbocycles. The van der Waals surface area contributed by atoms with Crippen molar-refractivity contribution in [2.24, 2.45) is 0 Å². The number of aromatic nitrogens is 1. The number of carbonyl (C=O) groups is 1. The second-order valence-electron chi connectivity index (χ2n) is 5.99. The highest BCUT2D eigenvalue weighted by Gasteiger charge is 2.14. The molecule has 0 spiro atoms. The van der Waals surface area contributed by atoms with E-state index in [1.165, 1.54) is 32.1 Å². The minimum Gasteiger partial charge on any atom is -0.381 e. The zero-order chi connectivity index (χ0) is 16.9. The van der Waals surface area contributed by atoms with E-state index in [2.05, 4.69) is 15.6 Å². The van der Waals surface area contributed by atoms with Gasteiger partial charge in [-0.25, -0.2) is 4.98 Å². The van der Waals surface area contributed by atoms with Crippen molar-refractivity contribution in [3.63, 3.8) is 0 Å². The van der Waals surface area contributed by atoms with E-state index in [0.29, 0.717) is 27.5 Å². The van der Waals surface area contributed by atoms with Gasteiger partial charge in [0.05, 0.1) is 22.6 Å². The molecule has 4 nitrogen and oxygen atoms in total. The zero-order valence-corrected chi connectivity index (χ0v) is 14.7. The SMILES string of the molecule is O=C(Nc1cc(Cl)ccc1Cl)c1ccc(NC2CCCCC2)cn1. The number of pyridine rings is 1. The van der Waals surface area contributed by atoms with Crippen molar-refractivity contribution in [3.8, 4) is 0 Å². The number of nitrogens with one attached hydrogen (secondary N) is 2. The van der Waals surface area contributed by atoms with Gasteiger partial charge >= 0.3 is 0 Å². The van der Waals surface area contributed by atoms with E-state index in [0.717, 1.165) is 5.69 Å². The lowest BCUT2D eigenvalue weighted by molar-refractivity contribution is 0.102. The highest BCUT2D eigenvalue weighted by atomic mass is 35.5. The highest BCUT2D eigenvalue weighted by Crippen LogP contribution is 2.26. The Balaban J connectivity index is 1.64. The van der Waals surface area contributed by atoms with E-state index in [-0.39, 0.29) is 5.91 Å². The third kappa shape index (κ3) is 4.40. The van der Waals surface area contributed by atoms with Crippen LogP contribution >= 0.6 is 23.2 Å². The van der Waals surface area contributed by atoms with E-state index in [1.54, 1.807) is 30.5 Å². The maximum atomic E-state index is 12.3. The van der Waals surface area contributed by atoms with Gasteiger partial charge in [-0.05, 0) is 43.2 Å². The number of hydrogen-bond donors (Lipinski definition) is 2. The average molecular weight is 364 g/mol. The van der Waals surface area contributed by atoms with E-state index < -0.39 is 0 Å². The Kier molecular flexibility index (Phi) is 5.59. The van der Waals surface area contributed by atoms with Crippen molar-refractivity contribution in [1.82, 2.24) is 4.98 Å². The summed E-state index contributed by atoms with van der Waals surface area (Å²) in [5.41, 5.74) is 1.75. The first kappa shape index (κ1) is 17.1. The second kappa shape index (κ2) is 7.86. The van der Waals surface area contributed by atoms with Gasteiger partial charge in [-0.15, -0.1) is 0 Å². The van der Waals surface area contributed by atoms with Crippen LogP contribution in [0.5, 0.6) is 0 Å². The number of carbonyl (C=O) groups excluding carboxylic acids is 1. The van der Waals surface area contributed by atoms with Gasteiger partial charge in [0, 0.05) is 11.1 Å². The van der Waals surface area contributed by atoms with Gasteiger partial charge in [-0.3, -0.25) is 4.79 Å². The minimum absolute atomic E-state index is 0.316. The molecule has 2 aromatic rings. The average Bonchev–Trinajstić information content (AvgIpc) is 2.60. The van der Waals surface area contributed by atoms with Crippen LogP contribution in [0.4, 0.5) is 11.4 Å². The molecule has 1 heterocycles. The summed E-state index contributed by atoms with van der Waals surface area (Å²) in [6.45, 7) is 0. The Bertz CT molecular complexity index is 713. The van der Waals surface area contributed by atoms with Crippen LogP contribution in [0.25, 0.3) is 0 Å². The molecule has 24 heavy (non-hydrogen) atoms. The molecule has 1 aliphatic carbocycles. The fraction of sp³-hybridized carbons (Fsp3) is 0.333. The van der Waals surface area contributed by atoms with Gasteiger partial charge in [-0.1, -0.05) is 42.5 Å². The van der Waals surface area contributed by atoms with Gasteiger partial charge in [0.25, 0.3) is 5.91 Å². The van der Waals surface area contributed by atoms with Gasteiger partial charge in [-0.2, -0.15) is 0 Å². The molecule has 0 bridgehead atoms. The van der Waals surface area contributed by atoms with Crippen molar-refractivity contribution < 1.29 is 4.79 Å². The van der Waals surface area contributed by atoms with Crippen molar-refractivity contribution in [3.05, 3.63) is 52.3 Å². The normalized spacial score (nSPS) is 15.1. The first-order chi connectivity index (χ1) is 11.6. The molecule has 1 aliphatic rings. The fourth-order valence-electron chi connectivity index (χ4n) is 2.88. The van der Waals surface area contributed by atoms with Gasteiger partial charge in [0.15, 0.2) is 0 Å². The summed E-state index contributed by atoms with van der Waals surface area (Å²) < 4.78 is 0. The lowest BCUT2D eigenvalue weighted by atomic mass is 9.95. The fourth-order valence-corrected chi connectivity index (χ4v) is 3.21. The van der Waals surface area contributed by atoms with E-state index in [1.807, 2.05) is 6.07 Å². The number of nitrogens with zero attached hydrogens (tertiary/aromatic N) is 1. The van der Waals surface area contributed by atoms with E-state index in [4.69, 9.17) is 23.2 Å². The van der Waals surface area contributed by atoms with Crippen molar-refractivity contribution in [2.45, 2.75) is 38.1 Å². The molecule has 2 N–H and O–H groups in total. The molecule has 0 saturated heterocycles. The number of halogens is 2. The minimum atomic E-state index is -0.316. The standard InChI is InChI=1S/C18H19Cl2N3O/c19-12-6-8-15(20)17(10-12)23-18(24)16-9-7-14(11-21-16)22-13-4-2-1-3-5-13/h6-11,13,22H,1-5H2,(H,23,24). The van der Waals surface area contributed by atoms with Crippen LogP contribution in [0.1, 0.15) is 42.6 Å². The number of rotatable bonds is 4. The summed E-state index contributed by atoms with van der Waals surface area (Å²) in [6.07, 6.45) is 7.94. The Labute approximate surface area is 151 Å². The third-order valence-corrected chi connectivity index (χ3v) is 4.71. The molecule has 1 aromatic heterocycles. The van der Waals surface area contributed by atoms with E-state index in [9.17, 15) is 4.79 Å². The van der Waals surface area contributed by atoms with Crippen molar-refractivity contribution in [1.29, 1.82) is 0 Å². The first-order valence-electron chi connectivity index (χ1n) is 8.11. The smallest absolute Gasteiger partial charge is 0.274 e. The third-order valence-electron chi connectivity index (χ3n) is 4.15. The van der Waals surface area contributed by atoms with Crippen molar-refractivity contribution >= 4 is 40.5 Å². The van der Waals surface area contributed by atoms with Crippen LogP contribution in [0.15, 0.2) is 36.5 Å². The molecule has 3 rings (SSSR count). The van der Waals surface area contributed by atoms with Crippen LogP contribution in [-0.4, -0.2) is 16.9 Å². The summed E-state index contributed by atoms with van der Waals surface area (Å²) in [5, 5.41) is 7.15. The molecule has 0 radical (unpaired) electrons.